The van der Waals surface area contributed by atoms with E-state index in [2.05, 4.69) is 45.7 Å². The molecule has 5 N–H and O–H groups in total. The lowest BCUT2D eigenvalue weighted by Gasteiger charge is -2.33. The van der Waals surface area contributed by atoms with Gasteiger partial charge in [-0.1, -0.05) is 121 Å². The summed E-state index contributed by atoms with van der Waals surface area (Å²) in [5.74, 6) is -1.01. The molecule has 26 nitrogen and oxygen atoms in total. The van der Waals surface area contributed by atoms with Crippen LogP contribution in [0.4, 0.5) is 27.1 Å². The number of carbonyl (C=O) groups is 8. The van der Waals surface area contributed by atoms with Crippen molar-refractivity contribution in [3.63, 3.8) is 0 Å². The number of benzene rings is 12. The number of aromatic nitrogens is 2. The van der Waals surface area contributed by atoms with Gasteiger partial charge in [0.15, 0.2) is 15.6 Å². The van der Waals surface area contributed by atoms with Crippen molar-refractivity contribution < 1.29 is 99.6 Å². The van der Waals surface area contributed by atoms with Crippen LogP contribution in [0.5, 0.6) is 34.5 Å². The molecule has 4 atom stereocenters. The van der Waals surface area contributed by atoms with Crippen molar-refractivity contribution in [2.24, 2.45) is 0 Å². The third-order valence-electron chi connectivity index (χ3n) is 23.7. The normalized spacial score (nSPS) is 14.9. The van der Waals surface area contributed by atoms with Gasteiger partial charge < -0.3 is 73.5 Å². The minimum Gasteiger partial charge on any atom is -0.490 e. The van der Waals surface area contributed by atoms with Crippen LogP contribution in [0.25, 0.3) is 21.8 Å². The summed E-state index contributed by atoms with van der Waals surface area (Å²) in [7, 11) is 0.199. The van der Waals surface area contributed by atoms with Gasteiger partial charge in [0.25, 0.3) is 17.7 Å². The number of sulfone groups is 1. The maximum Gasteiger partial charge on any atom is 0.310 e. The summed E-state index contributed by atoms with van der Waals surface area (Å²) >= 11 is 5.93. The number of likely N-dealkylation sites (N-methyl/N-ethyl adjacent to an activating group) is 2. The van der Waals surface area contributed by atoms with Crippen LogP contribution < -0.4 is 48.9 Å². The molecule has 4 aliphatic rings. The minimum atomic E-state index is -3.88. The number of nitrogens with one attached hydrogen (secondary N) is 2. The maximum absolute atomic E-state index is 14.4. The third-order valence-corrected chi connectivity index (χ3v) is 25.1. The molecular formula is C108H100ClFN6O20S. The van der Waals surface area contributed by atoms with Crippen LogP contribution in [0, 0.1) is 19.7 Å². The summed E-state index contributed by atoms with van der Waals surface area (Å²) < 4.78 is 84.4. The molecule has 0 bridgehead atoms. The predicted octanol–water partition coefficient (Wildman–Crippen LogP) is 19.1. The lowest BCUT2D eigenvalue weighted by atomic mass is 9.87. The number of fused-ring (bicyclic) bond motifs is 7. The van der Waals surface area contributed by atoms with E-state index in [1.165, 1.54) is 23.8 Å². The SMILES string of the molecule is CN1C[C@@H](COc2ccc(C(=O)Nc3cccc(CC(=O)O)c3)cc2)Oc2ccccc21.CS(=O)(=O)c1cc(F)cc2c1c(C(=O)c1ccc(Cl)cc1)c1n2CCC[C@@H]1CC(=O)O.Cc1ccc2c(c1)O[C@H](COc1ccc(C(=O)n3c(C)c(CC(=O)OCc4ccccc4)c4ccccc43)cc1)CN2C.O=C(O)Cc1cccc(NC(=O)c2ccc(OCC3CCc4ccccc4O3)cc2)c1. The van der Waals surface area contributed by atoms with Gasteiger partial charge in [-0.2, -0.15) is 0 Å². The van der Waals surface area contributed by atoms with E-state index in [1.807, 2.05) is 124 Å². The second-order valence-electron chi connectivity index (χ2n) is 33.8. The van der Waals surface area contributed by atoms with Gasteiger partial charge >= 0.3 is 23.9 Å². The molecule has 4 aliphatic heterocycles. The summed E-state index contributed by atoms with van der Waals surface area (Å²) in [6.07, 6.45) is 3.45. The van der Waals surface area contributed by atoms with E-state index in [1.54, 1.807) is 143 Å². The average Bonchev–Trinajstić information content (AvgIpc) is 1.50. The molecular weight excluding hydrogens is 1790 g/mol. The second-order valence-corrected chi connectivity index (χ2v) is 36.2. The van der Waals surface area contributed by atoms with Crippen LogP contribution in [-0.4, -0.2) is 152 Å². The highest BCUT2D eigenvalue weighted by Crippen LogP contribution is 2.44. The molecule has 6 heterocycles. The first-order valence-electron chi connectivity index (χ1n) is 44.5. The zero-order valence-electron chi connectivity index (χ0n) is 75.7. The quantitative estimate of drug-likeness (QED) is 0.0236. The number of carbonyl (C=O) groups excluding carboxylic acids is 5. The molecule has 702 valence electrons. The molecule has 0 fully saturated rings. The van der Waals surface area contributed by atoms with E-state index in [9.17, 15) is 56.3 Å². The molecule has 2 aromatic heterocycles. The number of rotatable bonds is 27. The number of anilines is 4. The Hall–Kier alpha value is -15.6. The van der Waals surface area contributed by atoms with Crippen molar-refractivity contribution in [1.29, 1.82) is 0 Å². The van der Waals surface area contributed by atoms with Gasteiger partial charge in [0, 0.05) is 93.6 Å². The van der Waals surface area contributed by atoms with Crippen molar-refractivity contribution in [3.8, 4) is 34.5 Å². The minimum absolute atomic E-state index is 0.00375. The van der Waals surface area contributed by atoms with E-state index >= 15 is 0 Å². The zero-order chi connectivity index (χ0) is 96.6. The Morgan fingerprint density at radius 2 is 1.02 bits per heavy atom. The monoisotopic (exact) mass is 1890 g/mol. The van der Waals surface area contributed by atoms with Crippen molar-refractivity contribution >= 4 is 113 Å². The molecule has 0 spiro atoms. The maximum atomic E-state index is 14.4. The van der Waals surface area contributed by atoms with Crippen molar-refractivity contribution in [2.45, 2.75) is 107 Å². The highest BCUT2D eigenvalue weighted by atomic mass is 35.5. The fraction of sp³-hybridized carbons (Fsp3) is 0.222. The molecule has 137 heavy (non-hydrogen) atoms. The first kappa shape index (κ1) is 96.0. The Morgan fingerprint density at radius 3 is 1.61 bits per heavy atom. The van der Waals surface area contributed by atoms with Gasteiger partial charge in [0.05, 0.1) is 71.6 Å². The highest BCUT2D eigenvalue weighted by molar-refractivity contribution is 7.91. The summed E-state index contributed by atoms with van der Waals surface area (Å²) in [5, 5.41) is 34.2. The molecule has 12 aromatic carbocycles. The van der Waals surface area contributed by atoms with Gasteiger partial charge in [0.1, 0.15) is 85.1 Å². The number of aryl methyl sites for hydroxylation is 3. The Labute approximate surface area is 795 Å². The highest BCUT2D eigenvalue weighted by Gasteiger charge is 2.36. The molecule has 2 amide bonds. The zero-order valence-corrected chi connectivity index (χ0v) is 77.3. The van der Waals surface area contributed by atoms with E-state index in [-0.39, 0.29) is 101 Å². The van der Waals surface area contributed by atoms with Crippen molar-refractivity contribution in [1.82, 2.24) is 9.13 Å². The van der Waals surface area contributed by atoms with Crippen LogP contribution in [-0.2, 0) is 72.6 Å². The van der Waals surface area contributed by atoms with Gasteiger partial charge in [-0.15, -0.1) is 0 Å². The average molecular weight is 1890 g/mol. The molecule has 0 radical (unpaired) electrons. The number of hydrogen-bond donors (Lipinski definition) is 5. The number of amides is 2. The molecule has 0 aliphatic carbocycles. The van der Waals surface area contributed by atoms with Crippen LogP contribution in [0.2, 0.25) is 5.02 Å². The molecule has 1 unspecified atom stereocenters. The molecule has 29 heteroatoms. The van der Waals surface area contributed by atoms with E-state index < -0.39 is 45.3 Å². The van der Waals surface area contributed by atoms with Gasteiger partial charge in [-0.3, -0.25) is 42.9 Å². The smallest absolute Gasteiger partial charge is 0.310 e. The number of nitrogens with zero attached hydrogens (tertiary/aromatic N) is 4. The number of carboxylic acid groups (broad SMARTS) is 3. The lowest BCUT2D eigenvalue weighted by Crippen LogP contribution is -2.41. The van der Waals surface area contributed by atoms with Crippen LogP contribution in [0.3, 0.4) is 0 Å². The molecule has 14 aromatic rings. The summed E-state index contributed by atoms with van der Waals surface area (Å²) in [5.41, 5.74) is 12.7. The molecule has 18 rings (SSSR count). The number of halogens is 2. The number of ether oxygens (including phenoxy) is 7. The number of ketones is 1. The van der Waals surface area contributed by atoms with Crippen LogP contribution in [0.1, 0.15) is 123 Å². The van der Waals surface area contributed by atoms with Gasteiger partial charge in [0.2, 0.25) is 0 Å². The Kier molecular flexibility index (Phi) is 30.6. The topological polar surface area (TPSA) is 336 Å². The Balaban J connectivity index is 0.000000140. The summed E-state index contributed by atoms with van der Waals surface area (Å²) in [4.78, 5) is 102. The van der Waals surface area contributed by atoms with Crippen LogP contribution >= 0.6 is 11.6 Å². The second kappa shape index (κ2) is 43.6. The Morgan fingerprint density at radius 1 is 0.504 bits per heavy atom. The van der Waals surface area contributed by atoms with E-state index in [0.29, 0.717) is 106 Å². The fourth-order valence-corrected chi connectivity index (χ4v) is 18.2. The number of para-hydroxylation sites is 4. The summed E-state index contributed by atoms with van der Waals surface area (Å²) in [6, 6.07) is 82.2. The van der Waals surface area contributed by atoms with E-state index in [4.69, 9.17) is 55.0 Å². The number of aliphatic carboxylic acids is 3. The first-order valence-corrected chi connectivity index (χ1v) is 46.8. The number of carboxylic acids is 3. The molecule has 0 saturated carbocycles. The first-order chi connectivity index (χ1) is 66.0. The fourth-order valence-electron chi connectivity index (χ4n) is 17.1. The Bertz CT molecular complexity index is 6930. The molecule has 0 saturated heterocycles. The van der Waals surface area contributed by atoms with Crippen molar-refractivity contribution in [3.05, 3.63) is 362 Å². The largest absolute Gasteiger partial charge is 0.490 e. The van der Waals surface area contributed by atoms with Gasteiger partial charge in [-0.25, -0.2) is 12.8 Å². The summed E-state index contributed by atoms with van der Waals surface area (Å²) in [6.45, 7) is 7.21. The van der Waals surface area contributed by atoms with Crippen molar-refractivity contribution in [2.75, 3.05) is 73.7 Å². The van der Waals surface area contributed by atoms with E-state index in [0.717, 1.165) is 100 Å². The predicted molar refractivity (Wildman–Crippen MR) is 520 cm³/mol. The van der Waals surface area contributed by atoms with Crippen LogP contribution in [0.15, 0.2) is 284 Å². The standard InChI is InChI=1S/C36H34N2O5.C25H24N2O5.C25H23NO5.C22H19ClFNO5S/c1-24-13-18-33-34(19-24)43-29(21-37(33)3)23-41-28-16-14-27(15-17-28)36(40)38-25(2)31(30-11-7-8-12-32(30)38)20-35(39)42-22-26-9-5-4-6-10-26;1-27-15-21(32-23-8-3-2-7-22(23)27)16-31-20-11-9-18(10-12-20)25(30)26-19-6-4-5-17(13-19)14-24(28)29;27-24(28)15-17-4-3-6-20(14-17)26-25(29)19-9-11-21(12-10-19)30-16-22-13-8-18-5-1-2-7-23(18)31-22;1-31(29,30)17-11-15(24)10-16-19(17)20(22(28)12-4-6-14(23)7-5-12)21-13(9-18(26)27)3-2-8-25(16)21/h4-19,29H,20-23H2,1-3H3;2-13,21H,14-16H2,1H3,(H,26,30)(H,28,29);1-7,9-12,14,22H,8,13,15-16H2,(H,26,29)(H,27,28);4-7,10-11,13H,2-3,8-9H2,1H3,(H,26,27)/t29-;21-;;13-/m00.1/s1. The third kappa shape index (κ3) is 24.3. The lowest BCUT2D eigenvalue weighted by molar-refractivity contribution is -0.144. The number of esters is 1. The van der Waals surface area contributed by atoms with Gasteiger partial charge in [-0.05, 0) is 243 Å². The number of hydrogen-bond acceptors (Lipinski definition) is 19.